The van der Waals surface area contributed by atoms with Gasteiger partial charge in [-0.3, -0.25) is 9.36 Å². The highest BCUT2D eigenvalue weighted by Crippen LogP contribution is 2.12. The molecule has 3 rings (SSSR count). The van der Waals surface area contributed by atoms with Crippen LogP contribution in [0.1, 0.15) is 5.56 Å². The predicted octanol–water partition coefficient (Wildman–Crippen LogP) is 1.34. The molecule has 0 amide bonds. The predicted molar refractivity (Wildman–Crippen MR) is 73.2 cm³/mol. The van der Waals surface area contributed by atoms with E-state index in [4.69, 9.17) is 9.15 Å². The van der Waals surface area contributed by atoms with Gasteiger partial charge in [-0.1, -0.05) is 12.1 Å². The van der Waals surface area contributed by atoms with Crippen molar-refractivity contribution in [2.24, 2.45) is 0 Å². The van der Waals surface area contributed by atoms with Crippen molar-refractivity contribution >= 4 is 10.9 Å². The van der Waals surface area contributed by atoms with Gasteiger partial charge in [0.2, 0.25) is 0 Å². The van der Waals surface area contributed by atoms with E-state index in [1.807, 2.05) is 12.1 Å². The number of hydrogen-bond acceptors (Lipinski definition) is 4. The first-order valence-corrected chi connectivity index (χ1v) is 6.01. The molecule has 0 unspecified atom stereocenters. The molecule has 0 atom stereocenters. The van der Waals surface area contributed by atoms with Crippen LogP contribution < -0.4 is 16.0 Å². The van der Waals surface area contributed by atoms with Gasteiger partial charge in [0.15, 0.2) is 0 Å². The molecule has 2 aromatic heterocycles. The number of fused-ring (bicyclic) bond motifs is 1. The molecule has 3 aromatic rings. The molecule has 1 aromatic carbocycles. The summed E-state index contributed by atoms with van der Waals surface area (Å²) in [6, 6.07) is 7.18. The van der Waals surface area contributed by atoms with Crippen LogP contribution in [-0.2, 0) is 6.54 Å². The fourth-order valence-corrected chi connectivity index (χ4v) is 2.04. The number of nitrogens with one attached hydrogen (secondary N) is 1. The third-order valence-corrected chi connectivity index (χ3v) is 3.12. The van der Waals surface area contributed by atoms with Crippen LogP contribution in [0.4, 0.5) is 0 Å². The number of nitrogens with zero attached hydrogens (tertiary/aromatic N) is 1. The number of aromatic amines is 1. The topological polar surface area (TPSA) is 77.2 Å². The van der Waals surface area contributed by atoms with Crippen LogP contribution in [0.25, 0.3) is 10.9 Å². The summed E-state index contributed by atoms with van der Waals surface area (Å²) in [6.07, 6.45) is 2.67. The minimum atomic E-state index is -0.459. The number of aromatic nitrogens is 2. The van der Waals surface area contributed by atoms with Crippen molar-refractivity contribution in [3.8, 4) is 5.75 Å². The van der Waals surface area contributed by atoms with E-state index in [9.17, 15) is 9.59 Å². The highest BCUT2D eigenvalue weighted by molar-refractivity contribution is 5.75. The Kier molecular flexibility index (Phi) is 2.90. The number of hydrogen-bond donors (Lipinski definition) is 1. The molecule has 6 heteroatoms. The molecule has 102 valence electrons. The molecule has 0 aliphatic heterocycles. The zero-order valence-electron chi connectivity index (χ0n) is 10.8. The lowest BCUT2D eigenvalue weighted by Crippen LogP contribution is -2.34. The summed E-state index contributed by atoms with van der Waals surface area (Å²) in [5.41, 5.74) is 0.417. The van der Waals surface area contributed by atoms with Crippen LogP contribution in [0.15, 0.2) is 50.8 Å². The van der Waals surface area contributed by atoms with Gasteiger partial charge in [0.1, 0.15) is 23.7 Å². The lowest BCUT2D eigenvalue weighted by molar-refractivity contribution is 0.414. The molecule has 1 N–H and O–H groups in total. The molecule has 0 saturated carbocycles. The Morgan fingerprint density at radius 1 is 1.20 bits per heavy atom. The summed E-state index contributed by atoms with van der Waals surface area (Å²) in [7, 11) is 1.58. The number of rotatable bonds is 3. The van der Waals surface area contributed by atoms with Gasteiger partial charge in [0.25, 0.3) is 5.56 Å². The maximum atomic E-state index is 12.2. The lowest BCUT2D eigenvalue weighted by atomic mass is 10.2. The van der Waals surface area contributed by atoms with Crippen molar-refractivity contribution in [3.63, 3.8) is 0 Å². The average Bonchev–Trinajstić information content (AvgIpc) is 2.92. The number of methoxy groups -OCH3 is 1. The molecule has 0 bridgehead atoms. The van der Waals surface area contributed by atoms with E-state index in [-0.39, 0.29) is 12.1 Å². The zero-order valence-corrected chi connectivity index (χ0v) is 10.8. The molecule has 0 spiro atoms. The summed E-state index contributed by atoms with van der Waals surface area (Å²) in [4.78, 5) is 26.7. The monoisotopic (exact) mass is 272 g/mol. The maximum absolute atomic E-state index is 12.2. The smallest absolute Gasteiger partial charge is 0.329 e. The Labute approximate surface area is 113 Å². The van der Waals surface area contributed by atoms with Gasteiger partial charge in [-0.05, 0) is 17.7 Å². The molecule has 0 aliphatic rings. The minimum Gasteiger partial charge on any atom is -0.497 e. The molecule has 0 radical (unpaired) electrons. The minimum absolute atomic E-state index is 0.194. The first kappa shape index (κ1) is 12.3. The summed E-state index contributed by atoms with van der Waals surface area (Å²) in [5, 5.41) is 0.359. The van der Waals surface area contributed by atoms with Gasteiger partial charge in [-0.25, -0.2) is 4.79 Å². The molecule has 0 aliphatic carbocycles. The van der Waals surface area contributed by atoms with Crippen LogP contribution in [0.2, 0.25) is 0 Å². The average molecular weight is 272 g/mol. The van der Waals surface area contributed by atoms with E-state index in [0.717, 1.165) is 15.9 Å². The standard InChI is InChI=1S/C14H12N2O4/c1-19-10-4-2-9(3-5-10)6-16-13(17)11-7-20-8-12(11)15-14(16)18/h2-5,7-8H,6H2,1H3,(H,15,18). The van der Waals surface area contributed by atoms with Gasteiger partial charge in [0, 0.05) is 0 Å². The molecular formula is C14H12N2O4. The van der Waals surface area contributed by atoms with Crippen molar-refractivity contribution in [1.29, 1.82) is 0 Å². The van der Waals surface area contributed by atoms with Gasteiger partial charge in [-0.15, -0.1) is 0 Å². The van der Waals surface area contributed by atoms with Crippen LogP contribution in [0.3, 0.4) is 0 Å². The van der Waals surface area contributed by atoms with Crippen molar-refractivity contribution in [2.45, 2.75) is 6.54 Å². The highest BCUT2D eigenvalue weighted by Gasteiger charge is 2.09. The SMILES string of the molecule is COc1ccc(Cn2c(=O)[nH]c3cocc3c2=O)cc1. The second-order valence-electron chi connectivity index (χ2n) is 4.37. The number of furan rings is 1. The molecule has 0 saturated heterocycles. The van der Waals surface area contributed by atoms with Gasteiger partial charge < -0.3 is 14.1 Å². The van der Waals surface area contributed by atoms with E-state index in [1.54, 1.807) is 19.2 Å². The molecule has 2 heterocycles. The van der Waals surface area contributed by atoms with E-state index < -0.39 is 5.69 Å². The van der Waals surface area contributed by atoms with E-state index in [0.29, 0.717) is 10.9 Å². The van der Waals surface area contributed by atoms with Crippen LogP contribution in [0, 0.1) is 0 Å². The Hall–Kier alpha value is -2.76. The molecule has 6 nitrogen and oxygen atoms in total. The van der Waals surface area contributed by atoms with Crippen molar-refractivity contribution < 1.29 is 9.15 Å². The lowest BCUT2D eigenvalue weighted by Gasteiger charge is -2.05. The third-order valence-electron chi connectivity index (χ3n) is 3.12. The molecular weight excluding hydrogens is 260 g/mol. The first-order chi connectivity index (χ1) is 9.69. The fraction of sp³-hybridized carbons (Fsp3) is 0.143. The van der Waals surface area contributed by atoms with E-state index >= 15 is 0 Å². The summed E-state index contributed by atoms with van der Waals surface area (Å²) in [5.74, 6) is 0.722. The second kappa shape index (κ2) is 4.73. The van der Waals surface area contributed by atoms with E-state index in [1.165, 1.54) is 12.5 Å². The maximum Gasteiger partial charge on any atom is 0.329 e. The van der Waals surface area contributed by atoms with Crippen molar-refractivity contribution in [3.05, 3.63) is 63.2 Å². The quantitative estimate of drug-likeness (QED) is 0.780. The van der Waals surface area contributed by atoms with Gasteiger partial charge >= 0.3 is 5.69 Å². The van der Waals surface area contributed by atoms with Crippen LogP contribution in [0.5, 0.6) is 5.75 Å². The Morgan fingerprint density at radius 3 is 2.65 bits per heavy atom. The van der Waals surface area contributed by atoms with Crippen LogP contribution in [-0.4, -0.2) is 16.7 Å². The largest absolute Gasteiger partial charge is 0.497 e. The van der Waals surface area contributed by atoms with E-state index in [2.05, 4.69) is 4.98 Å². The number of ether oxygens (including phenoxy) is 1. The molecule has 20 heavy (non-hydrogen) atoms. The zero-order chi connectivity index (χ0) is 14.1. The highest BCUT2D eigenvalue weighted by atomic mass is 16.5. The van der Waals surface area contributed by atoms with Crippen molar-refractivity contribution in [2.75, 3.05) is 7.11 Å². The van der Waals surface area contributed by atoms with Crippen LogP contribution >= 0.6 is 0 Å². The summed E-state index contributed by atoms with van der Waals surface area (Å²) in [6.45, 7) is 0.194. The van der Waals surface area contributed by atoms with Gasteiger partial charge in [-0.2, -0.15) is 0 Å². The summed E-state index contributed by atoms with van der Waals surface area (Å²) >= 11 is 0. The number of H-pyrrole nitrogens is 1. The normalized spacial score (nSPS) is 10.8. The second-order valence-corrected chi connectivity index (χ2v) is 4.37. The van der Waals surface area contributed by atoms with Gasteiger partial charge in [0.05, 0.1) is 19.2 Å². The number of benzene rings is 1. The first-order valence-electron chi connectivity index (χ1n) is 6.01. The summed E-state index contributed by atoms with van der Waals surface area (Å²) < 4.78 is 11.1. The Balaban J connectivity index is 2.05. The Morgan fingerprint density at radius 2 is 1.95 bits per heavy atom. The Bertz CT molecular complexity index is 855. The fourth-order valence-electron chi connectivity index (χ4n) is 2.04. The molecule has 0 fully saturated rings. The third kappa shape index (κ3) is 2.01. The van der Waals surface area contributed by atoms with Crippen molar-refractivity contribution in [1.82, 2.24) is 9.55 Å².